The molecule has 6 aliphatic rings. The standard InChI is InChI=1S/C43H54N4O8S2/c1-5-23(2)40(51)55-42(3)10-8-25-22-56-57-35-7-6-32(45-4)31-20-47(39(31)35)37(50)15-29-19-46-36(44)16-30(29)38(25)43(42)18-28-14-26-13-27(12-24(21-49)9-11-48)41(52)53-33(26)17-34(28)54-43/h5,8,13-14,16-17,24,31-32,35,38-39,45-46,48-49H,6-7,9-12,15,18-22,44H2,1-4H3. The number of rotatable bonds is 8. The van der Waals surface area contributed by atoms with Crippen molar-refractivity contribution in [3.8, 4) is 5.75 Å². The van der Waals surface area contributed by atoms with Gasteiger partial charge in [0.1, 0.15) is 11.3 Å². The largest absolute Gasteiger partial charge is 0.481 e. The minimum absolute atomic E-state index is 0.0943. The Morgan fingerprint density at radius 3 is 2.82 bits per heavy atom. The van der Waals surface area contributed by atoms with E-state index in [-0.39, 0.29) is 43.9 Å². The molecule has 2 aromatic rings. The number of benzene rings is 1. The summed E-state index contributed by atoms with van der Waals surface area (Å²) in [6, 6.07) is 6.13. The SMILES string of the molecule is CC=C(C)C(=O)OC1(C)CC=C2CSSC3CCC(NC)C4CN(C(=O)CC5=C(C=C(N)NC5)C2C12Cc1cc5cc(CC(CO)CCO)c(=O)oc5cc1O2)C34. The molecule has 2 aliphatic carbocycles. The Hall–Kier alpha value is -3.69. The fraction of sp³-hybridized carbons (Fsp3) is 0.558. The molecule has 1 saturated carbocycles. The molecule has 57 heavy (non-hydrogen) atoms. The lowest BCUT2D eigenvalue weighted by atomic mass is 9.61. The van der Waals surface area contributed by atoms with E-state index in [1.807, 2.05) is 54.6 Å². The van der Waals surface area contributed by atoms with Gasteiger partial charge in [-0.1, -0.05) is 39.3 Å². The predicted molar refractivity (Wildman–Crippen MR) is 222 cm³/mol. The van der Waals surface area contributed by atoms with Crippen molar-refractivity contribution in [3.63, 3.8) is 0 Å². The maximum absolute atomic E-state index is 14.4. The average molecular weight is 819 g/mol. The number of esters is 1. The zero-order valence-corrected chi connectivity index (χ0v) is 34.7. The van der Waals surface area contributed by atoms with Crippen molar-refractivity contribution in [2.24, 2.45) is 23.5 Å². The van der Waals surface area contributed by atoms with Crippen LogP contribution in [0.2, 0.25) is 0 Å². The Morgan fingerprint density at radius 1 is 1.25 bits per heavy atom. The van der Waals surface area contributed by atoms with Crippen LogP contribution < -0.4 is 26.7 Å². The second-order valence-electron chi connectivity index (χ2n) is 16.8. The first-order valence-corrected chi connectivity index (χ1v) is 22.5. The fourth-order valence-corrected chi connectivity index (χ4v) is 13.2. The summed E-state index contributed by atoms with van der Waals surface area (Å²) >= 11 is 0. The van der Waals surface area contributed by atoms with Crippen molar-refractivity contribution in [1.29, 1.82) is 0 Å². The van der Waals surface area contributed by atoms with Gasteiger partial charge < -0.3 is 45.4 Å². The fourth-order valence-electron chi connectivity index (χ4n) is 10.1. The lowest BCUT2D eigenvalue weighted by molar-refractivity contribution is -0.186. The highest BCUT2D eigenvalue weighted by Crippen LogP contribution is 2.58. The van der Waals surface area contributed by atoms with Crippen molar-refractivity contribution in [2.45, 2.75) is 94.3 Å². The van der Waals surface area contributed by atoms with Crippen molar-refractivity contribution in [2.75, 3.05) is 39.1 Å². The first kappa shape index (κ1) is 40.1. The molecule has 1 spiro atoms. The van der Waals surface area contributed by atoms with Crippen LogP contribution in [0.3, 0.4) is 0 Å². The van der Waals surface area contributed by atoms with Gasteiger partial charge in [0, 0.05) is 84.7 Å². The number of fused-ring (bicyclic) bond motifs is 5. The summed E-state index contributed by atoms with van der Waals surface area (Å²) in [6.45, 7) is 6.39. The Labute approximate surface area is 341 Å². The summed E-state index contributed by atoms with van der Waals surface area (Å²) in [6.07, 6.45) is 9.63. The molecule has 8 atom stereocenters. The molecule has 0 bridgehead atoms. The molecule has 4 aliphatic heterocycles. The number of carbonyl (C=O) groups excluding carboxylic acids is 2. The lowest BCUT2D eigenvalue weighted by Gasteiger charge is -2.57. The Balaban J connectivity index is 1.26. The zero-order valence-electron chi connectivity index (χ0n) is 33.1. The van der Waals surface area contributed by atoms with Crippen LogP contribution in [0.25, 0.3) is 11.0 Å². The molecule has 12 nitrogen and oxygen atoms in total. The van der Waals surface area contributed by atoms with E-state index in [0.29, 0.717) is 82.4 Å². The minimum Gasteiger partial charge on any atom is -0.481 e. The van der Waals surface area contributed by atoms with E-state index in [4.69, 9.17) is 19.6 Å². The number of allylic oxidation sites excluding steroid dienone is 2. The maximum atomic E-state index is 14.4. The van der Waals surface area contributed by atoms with Crippen LogP contribution in [0.15, 0.2) is 73.8 Å². The highest BCUT2D eigenvalue weighted by atomic mass is 33.1. The van der Waals surface area contributed by atoms with Crippen LogP contribution in [0.5, 0.6) is 5.75 Å². The number of aliphatic hydroxyl groups excluding tert-OH is 2. The van der Waals surface area contributed by atoms with Gasteiger partial charge >= 0.3 is 11.6 Å². The normalized spacial score (nSPS) is 31.6. The minimum atomic E-state index is -1.18. The highest BCUT2D eigenvalue weighted by molar-refractivity contribution is 8.77. The monoisotopic (exact) mass is 818 g/mol. The Kier molecular flexibility index (Phi) is 11.1. The van der Waals surface area contributed by atoms with Gasteiger partial charge in [-0.3, -0.25) is 4.79 Å². The van der Waals surface area contributed by atoms with Gasteiger partial charge in [-0.05, 0) is 94.3 Å². The number of hydrogen-bond donors (Lipinski definition) is 5. The Morgan fingerprint density at radius 2 is 2.07 bits per heavy atom. The second kappa shape index (κ2) is 15.8. The van der Waals surface area contributed by atoms with Gasteiger partial charge in [0.15, 0.2) is 11.2 Å². The van der Waals surface area contributed by atoms with Crippen LogP contribution in [0, 0.1) is 17.8 Å². The van der Waals surface area contributed by atoms with E-state index in [1.54, 1.807) is 25.1 Å². The summed E-state index contributed by atoms with van der Waals surface area (Å²) in [7, 11) is 5.73. The summed E-state index contributed by atoms with van der Waals surface area (Å²) < 4.78 is 19.8. The highest BCUT2D eigenvalue weighted by Gasteiger charge is 2.64. The molecule has 14 heteroatoms. The molecular formula is C43H54N4O8S2. The number of nitrogens with one attached hydrogen (secondary N) is 2. The maximum Gasteiger partial charge on any atom is 0.339 e. The molecule has 5 heterocycles. The van der Waals surface area contributed by atoms with Gasteiger partial charge in [0.05, 0.1) is 24.2 Å². The molecule has 2 fully saturated rings. The van der Waals surface area contributed by atoms with Crippen molar-refractivity contribution >= 4 is 44.4 Å². The van der Waals surface area contributed by atoms with Gasteiger partial charge in [0.25, 0.3) is 0 Å². The number of carbonyl (C=O) groups is 2. The number of nitrogens with zero attached hydrogens (tertiary/aromatic N) is 1. The molecule has 1 saturated heterocycles. The molecule has 1 aromatic heterocycles. The second-order valence-corrected chi connectivity index (χ2v) is 19.4. The third-order valence-electron chi connectivity index (χ3n) is 13.5. The van der Waals surface area contributed by atoms with Gasteiger partial charge in [-0.25, -0.2) is 9.59 Å². The summed E-state index contributed by atoms with van der Waals surface area (Å²) in [5.41, 5.74) is 8.83. The van der Waals surface area contributed by atoms with E-state index < -0.39 is 28.7 Å². The lowest BCUT2D eigenvalue weighted by Crippen LogP contribution is -2.69. The first-order valence-electron chi connectivity index (χ1n) is 20.2. The number of nitrogens with two attached hydrogens (primary N) is 1. The first-order chi connectivity index (χ1) is 27.4. The number of hydrogen-bond acceptors (Lipinski definition) is 13. The van der Waals surface area contributed by atoms with E-state index >= 15 is 0 Å². The molecule has 6 N–H and O–H groups in total. The van der Waals surface area contributed by atoms with Crippen LogP contribution >= 0.6 is 21.6 Å². The average Bonchev–Trinajstić information content (AvgIpc) is 3.55. The molecule has 0 radical (unpaired) electrons. The van der Waals surface area contributed by atoms with Crippen molar-refractivity contribution in [3.05, 3.63) is 86.1 Å². The molecular weight excluding hydrogens is 765 g/mol. The summed E-state index contributed by atoms with van der Waals surface area (Å²) in [4.78, 5) is 43.5. The number of amides is 1. The van der Waals surface area contributed by atoms with E-state index in [2.05, 4.69) is 21.6 Å². The number of aliphatic hydroxyl groups is 2. The quantitative estimate of drug-likeness (QED) is 0.0841. The summed E-state index contributed by atoms with van der Waals surface area (Å²) in [5, 5.41) is 27.2. The molecule has 306 valence electrons. The van der Waals surface area contributed by atoms with E-state index in [0.717, 1.165) is 41.7 Å². The van der Waals surface area contributed by atoms with Crippen LogP contribution in [-0.4, -0.2) is 94.6 Å². The smallest absolute Gasteiger partial charge is 0.339 e. The topological polar surface area (TPSA) is 177 Å². The third kappa shape index (κ3) is 7.02. The van der Waals surface area contributed by atoms with Gasteiger partial charge in [-0.15, -0.1) is 0 Å². The zero-order chi connectivity index (χ0) is 40.2. The van der Waals surface area contributed by atoms with Crippen LogP contribution in [0.1, 0.15) is 64.0 Å². The van der Waals surface area contributed by atoms with Crippen LogP contribution in [-0.2, 0) is 27.2 Å². The number of dihydropyridines is 1. The van der Waals surface area contributed by atoms with Gasteiger partial charge in [-0.2, -0.15) is 0 Å². The Bertz CT molecular complexity index is 2150. The van der Waals surface area contributed by atoms with Gasteiger partial charge in [0.2, 0.25) is 5.91 Å². The van der Waals surface area contributed by atoms with Crippen molar-refractivity contribution in [1.82, 2.24) is 15.5 Å². The van der Waals surface area contributed by atoms with Crippen LogP contribution in [0.4, 0.5) is 0 Å². The predicted octanol–water partition coefficient (Wildman–Crippen LogP) is 4.28. The third-order valence-corrected chi connectivity index (χ3v) is 16.3. The molecule has 1 amide bonds. The van der Waals surface area contributed by atoms with E-state index in [1.165, 1.54) is 0 Å². The molecule has 1 aromatic carbocycles. The molecule has 8 unspecified atom stereocenters. The number of ether oxygens (including phenoxy) is 2. The van der Waals surface area contributed by atoms with E-state index in [9.17, 15) is 24.6 Å². The molecule has 8 rings (SSSR count). The summed E-state index contributed by atoms with van der Waals surface area (Å²) in [5.74, 6) is 1.09. The van der Waals surface area contributed by atoms with Crippen molar-refractivity contribution < 1.29 is 33.7 Å².